The molecule has 1 aromatic heterocycles. The van der Waals surface area contributed by atoms with Crippen LogP contribution in [0.2, 0.25) is 0 Å². The van der Waals surface area contributed by atoms with Crippen molar-refractivity contribution in [2.24, 2.45) is 0 Å². The van der Waals surface area contributed by atoms with E-state index in [9.17, 15) is 4.79 Å². The van der Waals surface area contributed by atoms with Gasteiger partial charge >= 0.3 is 13.2 Å². The Kier molecular flexibility index (Phi) is 6.79. The molecule has 0 bridgehead atoms. The molecule has 41 heavy (non-hydrogen) atoms. The first kappa shape index (κ1) is 27.0. The quantitative estimate of drug-likeness (QED) is 0.233. The average Bonchev–Trinajstić information content (AvgIpc) is 3.39. The molecule has 1 aliphatic carbocycles. The fourth-order valence-corrected chi connectivity index (χ4v) is 5.43. The van der Waals surface area contributed by atoms with Crippen LogP contribution in [0.4, 0.5) is 10.5 Å². The van der Waals surface area contributed by atoms with Crippen molar-refractivity contribution in [1.29, 1.82) is 0 Å². The molecular weight excluding hydrogens is 515 g/mol. The molecule has 0 radical (unpaired) electrons. The first-order chi connectivity index (χ1) is 19.6. The molecule has 1 amide bonds. The van der Waals surface area contributed by atoms with Crippen LogP contribution in [-0.2, 0) is 14.0 Å². The summed E-state index contributed by atoms with van der Waals surface area (Å²) >= 11 is 0. The van der Waals surface area contributed by atoms with Crippen molar-refractivity contribution in [3.63, 3.8) is 0 Å². The number of hydrogen-bond acceptors (Lipinski definition) is 7. The molecule has 0 atom stereocenters. The second kappa shape index (κ2) is 10.3. The zero-order chi connectivity index (χ0) is 28.8. The van der Waals surface area contributed by atoms with Gasteiger partial charge in [0, 0.05) is 36.1 Å². The predicted molar refractivity (Wildman–Crippen MR) is 161 cm³/mol. The van der Waals surface area contributed by atoms with E-state index in [1.54, 1.807) is 18.5 Å². The van der Waals surface area contributed by atoms with Gasteiger partial charge in [-0.15, -0.1) is 0 Å². The maximum Gasteiger partial charge on any atom is 0.492 e. The molecule has 3 aromatic carbocycles. The van der Waals surface area contributed by atoms with Crippen LogP contribution in [0.15, 0.2) is 78.5 Å². The molecule has 1 saturated heterocycles. The van der Waals surface area contributed by atoms with Gasteiger partial charge in [0.15, 0.2) is 0 Å². The summed E-state index contributed by atoms with van der Waals surface area (Å²) in [5.41, 5.74) is 13.2. The molecule has 1 fully saturated rings. The van der Waals surface area contributed by atoms with Gasteiger partial charge in [-0.05, 0) is 67.6 Å². The summed E-state index contributed by atoms with van der Waals surface area (Å²) in [5, 5.41) is 2.91. The molecular formula is C32H33BN4O4. The molecule has 0 saturated carbocycles. The third kappa shape index (κ3) is 4.96. The minimum atomic E-state index is -0.708. The van der Waals surface area contributed by atoms with Crippen LogP contribution in [0.25, 0.3) is 28.2 Å². The lowest BCUT2D eigenvalue weighted by Crippen LogP contribution is -2.41. The lowest BCUT2D eigenvalue weighted by Gasteiger charge is -2.32. The van der Waals surface area contributed by atoms with E-state index in [1.807, 2.05) is 64.1 Å². The highest BCUT2D eigenvalue weighted by molar-refractivity contribution is 6.56. The van der Waals surface area contributed by atoms with Crippen molar-refractivity contribution in [2.45, 2.75) is 44.8 Å². The number of nitrogens with zero attached hydrogens (tertiary/aromatic N) is 2. The first-order valence-electron chi connectivity index (χ1n) is 13.8. The number of nitrogen functional groups attached to an aromatic ring is 1. The standard InChI is InChI=1S/C32H33BN4O4/c1-31(2)32(3,4)41-33(40-31)20(17-25-27(34)13-14-28-29(25)36-16-15-35-28)18-37-30(38)39-19-26-23-11-7-5-9-21(23)22-10-6-8-12-24(22)26/h5-17,26H,18-19,34H2,1-4H3,(H,37,38). The van der Waals surface area contributed by atoms with Crippen LogP contribution in [0.3, 0.4) is 0 Å². The Hall–Kier alpha value is -4.21. The molecule has 1 aliphatic heterocycles. The van der Waals surface area contributed by atoms with Gasteiger partial charge in [0.05, 0.1) is 22.2 Å². The Morgan fingerprint density at radius 1 is 0.951 bits per heavy atom. The SMILES string of the molecule is CC1(C)OB(C(=Cc2c(N)ccc3nccnc23)CNC(=O)OCC2c3ccccc3-c3ccccc32)OC1(C)C. The number of rotatable bonds is 6. The van der Waals surface area contributed by atoms with Gasteiger partial charge in [-0.2, -0.15) is 0 Å². The number of nitrogens with two attached hydrogens (primary N) is 1. The van der Waals surface area contributed by atoms with Gasteiger partial charge in [-0.25, -0.2) is 4.79 Å². The number of amides is 1. The summed E-state index contributed by atoms with van der Waals surface area (Å²) in [7, 11) is -0.708. The molecule has 9 heteroatoms. The molecule has 4 aromatic rings. The van der Waals surface area contributed by atoms with E-state index in [2.05, 4.69) is 39.6 Å². The Bertz CT molecular complexity index is 1610. The molecule has 2 heterocycles. The number of fused-ring (bicyclic) bond motifs is 4. The number of alkyl carbamates (subject to hydrolysis) is 1. The van der Waals surface area contributed by atoms with Gasteiger partial charge in [-0.3, -0.25) is 9.97 Å². The summed E-state index contributed by atoms with van der Waals surface area (Å²) in [5.74, 6) is -0.0275. The van der Waals surface area contributed by atoms with Crippen LogP contribution in [-0.4, -0.2) is 47.5 Å². The second-order valence-corrected chi connectivity index (χ2v) is 11.5. The number of anilines is 1. The number of hydrogen-bond donors (Lipinski definition) is 2. The van der Waals surface area contributed by atoms with Gasteiger partial charge in [0.25, 0.3) is 0 Å². The maximum absolute atomic E-state index is 13.0. The molecule has 208 valence electrons. The van der Waals surface area contributed by atoms with E-state index >= 15 is 0 Å². The Morgan fingerprint density at radius 2 is 1.56 bits per heavy atom. The zero-order valence-corrected chi connectivity index (χ0v) is 23.7. The Morgan fingerprint density at radius 3 is 2.22 bits per heavy atom. The molecule has 0 spiro atoms. The van der Waals surface area contributed by atoms with E-state index in [0.29, 0.717) is 27.8 Å². The van der Waals surface area contributed by atoms with Crippen molar-refractivity contribution in [2.75, 3.05) is 18.9 Å². The summed E-state index contributed by atoms with van der Waals surface area (Å²) < 4.78 is 18.5. The predicted octanol–water partition coefficient (Wildman–Crippen LogP) is 5.77. The second-order valence-electron chi connectivity index (χ2n) is 11.5. The van der Waals surface area contributed by atoms with Crippen molar-refractivity contribution in [3.05, 3.63) is 95.2 Å². The largest absolute Gasteiger partial charge is 0.492 e. The number of benzene rings is 3. The van der Waals surface area contributed by atoms with Crippen LogP contribution < -0.4 is 11.1 Å². The van der Waals surface area contributed by atoms with E-state index in [4.69, 9.17) is 19.8 Å². The fourth-order valence-electron chi connectivity index (χ4n) is 5.43. The van der Waals surface area contributed by atoms with E-state index in [-0.39, 0.29) is 19.1 Å². The highest BCUT2D eigenvalue weighted by Gasteiger charge is 2.52. The lowest BCUT2D eigenvalue weighted by molar-refractivity contribution is 0.00578. The average molecular weight is 548 g/mol. The highest BCUT2D eigenvalue weighted by atomic mass is 16.7. The van der Waals surface area contributed by atoms with Crippen LogP contribution in [0.1, 0.15) is 50.3 Å². The van der Waals surface area contributed by atoms with E-state index in [1.165, 1.54) is 11.1 Å². The summed E-state index contributed by atoms with van der Waals surface area (Å²) in [4.78, 5) is 21.9. The highest BCUT2D eigenvalue weighted by Crippen LogP contribution is 2.44. The monoisotopic (exact) mass is 548 g/mol. The number of aromatic nitrogens is 2. The minimum absolute atomic E-state index is 0.0275. The number of carbonyl (C=O) groups is 1. The third-order valence-corrected chi connectivity index (χ3v) is 8.38. The minimum Gasteiger partial charge on any atom is -0.449 e. The number of nitrogens with one attached hydrogen (secondary N) is 1. The first-order valence-corrected chi connectivity index (χ1v) is 13.8. The Labute approximate surface area is 240 Å². The molecule has 8 nitrogen and oxygen atoms in total. The maximum atomic E-state index is 13.0. The topological polar surface area (TPSA) is 109 Å². The number of carbonyl (C=O) groups excluding carboxylic acids is 1. The van der Waals surface area contributed by atoms with Crippen molar-refractivity contribution in [3.8, 4) is 11.1 Å². The van der Waals surface area contributed by atoms with Gasteiger partial charge in [-0.1, -0.05) is 54.6 Å². The van der Waals surface area contributed by atoms with Gasteiger partial charge < -0.3 is 25.1 Å². The van der Waals surface area contributed by atoms with E-state index in [0.717, 1.165) is 11.1 Å². The lowest BCUT2D eigenvalue weighted by atomic mass is 9.76. The molecule has 6 rings (SSSR count). The fraction of sp³-hybridized carbons (Fsp3) is 0.281. The van der Waals surface area contributed by atoms with Crippen LogP contribution >= 0.6 is 0 Å². The third-order valence-electron chi connectivity index (χ3n) is 8.38. The van der Waals surface area contributed by atoms with Crippen molar-refractivity contribution >= 4 is 36.0 Å². The normalized spacial score (nSPS) is 17.4. The summed E-state index contributed by atoms with van der Waals surface area (Å²) in [6.45, 7) is 8.30. The van der Waals surface area contributed by atoms with Gasteiger partial charge in [0.1, 0.15) is 6.61 Å². The summed E-state index contributed by atoms with van der Waals surface area (Å²) in [6, 6.07) is 20.1. The Balaban J connectivity index is 1.23. The molecule has 0 unspecified atom stereocenters. The van der Waals surface area contributed by atoms with E-state index < -0.39 is 24.4 Å². The van der Waals surface area contributed by atoms with Crippen LogP contribution in [0, 0.1) is 0 Å². The van der Waals surface area contributed by atoms with Crippen LogP contribution in [0.5, 0.6) is 0 Å². The summed E-state index contributed by atoms with van der Waals surface area (Å²) in [6.07, 6.45) is 4.61. The molecule has 2 aliphatic rings. The van der Waals surface area contributed by atoms with Gasteiger partial charge in [0.2, 0.25) is 0 Å². The van der Waals surface area contributed by atoms with Crippen molar-refractivity contribution in [1.82, 2.24) is 15.3 Å². The van der Waals surface area contributed by atoms with Crippen molar-refractivity contribution < 1.29 is 18.8 Å². The zero-order valence-electron chi connectivity index (χ0n) is 23.7. The smallest absolute Gasteiger partial charge is 0.449 e. The molecule has 3 N–H and O–H groups in total. The number of ether oxygens (including phenoxy) is 1.